The summed E-state index contributed by atoms with van der Waals surface area (Å²) in [6.45, 7) is 0. The van der Waals surface area contributed by atoms with Crippen LogP contribution >= 0.6 is 0 Å². The number of furan rings is 2. The van der Waals surface area contributed by atoms with E-state index in [4.69, 9.17) is 8.83 Å². The summed E-state index contributed by atoms with van der Waals surface area (Å²) in [5.41, 5.74) is 11.3. The molecule has 49 heavy (non-hydrogen) atoms. The van der Waals surface area contributed by atoms with Crippen LogP contribution < -0.4 is 4.90 Å². The van der Waals surface area contributed by atoms with E-state index in [0.29, 0.717) is 0 Å². The van der Waals surface area contributed by atoms with Crippen LogP contribution in [0.25, 0.3) is 76.9 Å². The molecule has 0 atom stereocenters. The van der Waals surface area contributed by atoms with Crippen LogP contribution in [0.2, 0.25) is 0 Å². The molecule has 0 radical (unpaired) electrons. The summed E-state index contributed by atoms with van der Waals surface area (Å²) in [6.07, 6.45) is 0. The van der Waals surface area contributed by atoms with E-state index in [1.54, 1.807) is 0 Å². The SMILES string of the molecule is c1ccc(-c2ccc(N(c3ccc(-c4cccc5c4oc4ccccc45)cc3)c3cccc4oc5c6ccccc6ccc5c34)cc2)cc1. The van der Waals surface area contributed by atoms with Crippen LogP contribution in [-0.4, -0.2) is 0 Å². The van der Waals surface area contributed by atoms with Crippen molar-refractivity contribution in [1.82, 2.24) is 0 Å². The number of hydrogen-bond acceptors (Lipinski definition) is 3. The summed E-state index contributed by atoms with van der Waals surface area (Å²) >= 11 is 0. The van der Waals surface area contributed by atoms with Crippen molar-refractivity contribution in [3.63, 3.8) is 0 Å². The fourth-order valence-electron chi connectivity index (χ4n) is 7.35. The van der Waals surface area contributed by atoms with Gasteiger partial charge in [-0.2, -0.15) is 0 Å². The third-order valence-corrected chi connectivity index (χ3v) is 9.68. The lowest BCUT2D eigenvalue weighted by atomic mass is 10.0. The van der Waals surface area contributed by atoms with Gasteiger partial charge < -0.3 is 13.7 Å². The fourth-order valence-corrected chi connectivity index (χ4v) is 7.35. The third-order valence-electron chi connectivity index (χ3n) is 9.68. The summed E-state index contributed by atoms with van der Waals surface area (Å²) in [4.78, 5) is 2.34. The Bertz CT molecular complexity index is 2810. The minimum absolute atomic E-state index is 0.864. The maximum absolute atomic E-state index is 6.61. The molecule has 0 fully saturated rings. The van der Waals surface area contributed by atoms with E-state index in [2.05, 4.69) is 169 Å². The van der Waals surface area contributed by atoms with E-state index in [9.17, 15) is 0 Å². The van der Waals surface area contributed by atoms with E-state index in [1.807, 2.05) is 12.1 Å². The topological polar surface area (TPSA) is 29.5 Å². The predicted molar refractivity (Wildman–Crippen MR) is 204 cm³/mol. The molecule has 0 aliphatic rings. The lowest BCUT2D eigenvalue weighted by molar-refractivity contribution is 0.670. The van der Waals surface area contributed by atoms with Crippen LogP contribution in [0.5, 0.6) is 0 Å². The first-order valence-corrected chi connectivity index (χ1v) is 16.6. The third kappa shape index (κ3) is 4.44. The van der Waals surface area contributed by atoms with Crippen molar-refractivity contribution in [3.05, 3.63) is 176 Å². The van der Waals surface area contributed by atoms with Gasteiger partial charge in [0.2, 0.25) is 0 Å². The molecule has 0 saturated heterocycles. The lowest BCUT2D eigenvalue weighted by Crippen LogP contribution is -2.10. The van der Waals surface area contributed by atoms with Crippen LogP contribution in [0.4, 0.5) is 17.1 Å². The fraction of sp³-hybridized carbons (Fsp3) is 0. The van der Waals surface area contributed by atoms with Crippen molar-refractivity contribution in [2.75, 3.05) is 4.90 Å². The van der Waals surface area contributed by atoms with Crippen molar-refractivity contribution in [1.29, 1.82) is 0 Å². The highest BCUT2D eigenvalue weighted by Crippen LogP contribution is 2.45. The van der Waals surface area contributed by atoms with Crippen molar-refractivity contribution in [2.24, 2.45) is 0 Å². The Morgan fingerprint density at radius 3 is 1.78 bits per heavy atom. The van der Waals surface area contributed by atoms with Gasteiger partial charge in [-0.3, -0.25) is 0 Å². The van der Waals surface area contributed by atoms with E-state index in [1.165, 1.54) is 16.5 Å². The van der Waals surface area contributed by atoms with Crippen molar-refractivity contribution < 1.29 is 8.83 Å². The largest absolute Gasteiger partial charge is 0.455 e. The first-order chi connectivity index (χ1) is 24.3. The first kappa shape index (κ1) is 27.5. The second-order valence-electron chi connectivity index (χ2n) is 12.5. The number of anilines is 3. The molecule has 0 unspecified atom stereocenters. The number of fused-ring (bicyclic) bond motifs is 8. The minimum Gasteiger partial charge on any atom is -0.455 e. The highest BCUT2D eigenvalue weighted by atomic mass is 16.3. The maximum Gasteiger partial charge on any atom is 0.143 e. The highest BCUT2D eigenvalue weighted by Gasteiger charge is 2.21. The summed E-state index contributed by atoms with van der Waals surface area (Å²) < 4.78 is 13.0. The van der Waals surface area contributed by atoms with Crippen molar-refractivity contribution in [3.8, 4) is 22.3 Å². The Morgan fingerprint density at radius 2 is 0.959 bits per heavy atom. The molecule has 0 aliphatic heterocycles. The van der Waals surface area contributed by atoms with Crippen LogP contribution in [0.1, 0.15) is 0 Å². The number of para-hydroxylation sites is 2. The number of benzene rings is 8. The molecule has 230 valence electrons. The van der Waals surface area contributed by atoms with E-state index in [-0.39, 0.29) is 0 Å². The van der Waals surface area contributed by atoms with Gasteiger partial charge in [-0.15, -0.1) is 0 Å². The van der Waals surface area contributed by atoms with Gasteiger partial charge in [0, 0.05) is 38.5 Å². The lowest BCUT2D eigenvalue weighted by Gasteiger charge is -2.26. The van der Waals surface area contributed by atoms with Crippen LogP contribution in [0.3, 0.4) is 0 Å². The molecule has 2 aromatic heterocycles. The van der Waals surface area contributed by atoms with Crippen LogP contribution in [0, 0.1) is 0 Å². The highest BCUT2D eigenvalue weighted by molar-refractivity contribution is 6.19. The average Bonchev–Trinajstić information content (AvgIpc) is 3.75. The smallest absolute Gasteiger partial charge is 0.143 e. The van der Waals surface area contributed by atoms with Gasteiger partial charge in [0.1, 0.15) is 22.3 Å². The molecule has 0 N–H and O–H groups in total. The normalized spacial score (nSPS) is 11.7. The Labute approximate surface area is 282 Å². The number of rotatable bonds is 5. The molecule has 10 rings (SSSR count). The second-order valence-corrected chi connectivity index (χ2v) is 12.5. The Balaban J connectivity index is 1.15. The van der Waals surface area contributed by atoms with Crippen LogP contribution in [0.15, 0.2) is 185 Å². The van der Waals surface area contributed by atoms with E-state index in [0.717, 1.165) is 77.5 Å². The Morgan fingerprint density at radius 1 is 0.347 bits per heavy atom. The molecule has 10 aromatic rings. The first-order valence-electron chi connectivity index (χ1n) is 16.6. The van der Waals surface area contributed by atoms with Gasteiger partial charge in [-0.1, -0.05) is 127 Å². The Kier molecular flexibility index (Phi) is 6.18. The van der Waals surface area contributed by atoms with Gasteiger partial charge in [-0.05, 0) is 70.6 Å². The Hall–Kier alpha value is -6.58. The summed E-state index contributed by atoms with van der Waals surface area (Å²) in [5, 5.41) is 6.73. The van der Waals surface area contributed by atoms with Gasteiger partial charge >= 0.3 is 0 Å². The van der Waals surface area contributed by atoms with Crippen molar-refractivity contribution in [2.45, 2.75) is 0 Å². The summed E-state index contributed by atoms with van der Waals surface area (Å²) in [6, 6.07) is 61.9. The molecule has 0 spiro atoms. The molecular formula is C46H29NO2. The standard InChI is InChI=1S/C46H29NO2/c1-2-10-30(11-3-1)31-20-25-34(26-21-31)47(41-17-9-19-43-44(41)40-29-24-32-12-4-5-13-36(32)46(40)49-43)35-27-22-33(23-28-35)37-15-8-16-39-38-14-6-7-18-42(38)48-45(37)39/h1-29H. The van der Waals surface area contributed by atoms with E-state index >= 15 is 0 Å². The molecule has 3 nitrogen and oxygen atoms in total. The minimum atomic E-state index is 0.864. The monoisotopic (exact) mass is 627 g/mol. The predicted octanol–water partition coefficient (Wildman–Crippen LogP) is 13.4. The summed E-state index contributed by atoms with van der Waals surface area (Å²) in [7, 11) is 0. The molecule has 0 bridgehead atoms. The quantitative estimate of drug-likeness (QED) is 0.190. The van der Waals surface area contributed by atoms with Gasteiger partial charge in [0.15, 0.2) is 0 Å². The summed E-state index contributed by atoms with van der Waals surface area (Å²) in [5.74, 6) is 0. The number of nitrogens with zero attached hydrogens (tertiary/aromatic N) is 1. The second kappa shape index (κ2) is 11.0. The molecular weight excluding hydrogens is 599 g/mol. The molecule has 8 aromatic carbocycles. The molecule has 0 amide bonds. The number of hydrogen-bond donors (Lipinski definition) is 0. The van der Waals surface area contributed by atoms with E-state index < -0.39 is 0 Å². The van der Waals surface area contributed by atoms with Crippen LogP contribution in [-0.2, 0) is 0 Å². The van der Waals surface area contributed by atoms with Crippen molar-refractivity contribution >= 4 is 71.7 Å². The van der Waals surface area contributed by atoms with Gasteiger partial charge in [0.05, 0.1) is 11.1 Å². The maximum atomic E-state index is 6.61. The molecule has 0 saturated carbocycles. The molecule has 0 aliphatic carbocycles. The zero-order chi connectivity index (χ0) is 32.3. The zero-order valence-corrected chi connectivity index (χ0v) is 26.5. The molecule has 3 heteroatoms. The van der Waals surface area contributed by atoms with Gasteiger partial charge in [-0.25, -0.2) is 0 Å². The van der Waals surface area contributed by atoms with Gasteiger partial charge in [0.25, 0.3) is 0 Å². The average molecular weight is 628 g/mol. The molecule has 2 heterocycles. The zero-order valence-electron chi connectivity index (χ0n) is 26.5.